The lowest BCUT2D eigenvalue weighted by Crippen LogP contribution is -2.49. The van der Waals surface area contributed by atoms with Gasteiger partial charge in [-0.15, -0.1) is 0 Å². The normalized spacial score (nSPS) is 17.5. The summed E-state index contributed by atoms with van der Waals surface area (Å²) >= 11 is 0. The zero-order valence-electron chi connectivity index (χ0n) is 11.1. The van der Waals surface area contributed by atoms with E-state index in [0.717, 1.165) is 6.07 Å². The number of halogens is 1. The second-order valence-electron chi connectivity index (χ2n) is 5.13. The molecule has 0 radical (unpaired) electrons. The van der Waals surface area contributed by atoms with Gasteiger partial charge >= 0.3 is 5.97 Å². The summed E-state index contributed by atoms with van der Waals surface area (Å²) in [5, 5.41) is 11.6. The molecular weight excluding hydrogens is 265 g/mol. The second-order valence-corrected chi connectivity index (χ2v) is 5.13. The molecule has 2 N–H and O–H groups in total. The molecule has 5 nitrogen and oxygen atoms in total. The van der Waals surface area contributed by atoms with Crippen LogP contribution in [0.4, 0.5) is 4.39 Å². The van der Waals surface area contributed by atoms with Crippen LogP contribution in [0.15, 0.2) is 18.2 Å². The summed E-state index contributed by atoms with van der Waals surface area (Å²) in [6.07, 6.45) is 1.32. The number of carboxylic acids is 1. The van der Waals surface area contributed by atoms with Gasteiger partial charge in [0.15, 0.2) is 0 Å². The highest BCUT2D eigenvalue weighted by Gasteiger charge is 2.30. The van der Waals surface area contributed by atoms with Crippen LogP contribution in [0.2, 0.25) is 0 Å². The monoisotopic (exact) mass is 281 g/mol. The summed E-state index contributed by atoms with van der Waals surface area (Å²) in [5.41, 5.74) is -0.758. The smallest absolute Gasteiger partial charge is 0.335 e. The van der Waals surface area contributed by atoms with Crippen LogP contribution in [-0.2, 0) is 4.74 Å². The molecule has 108 valence electrons. The van der Waals surface area contributed by atoms with Crippen LogP contribution in [0.1, 0.15) is 40.5 Å². The van der Waals surface area contributed by atoms with E-state index >= 15 is 0 Å². The SMILES string of the molecule is CC1(NC(=O)c2ccc(C(=O)O)cc2F)CCOCC1. The molecule has 1 saturated heterocycles. The van der Waals surface area contributed by atoms with Gasteiger partial charge < -0.3 is 15.2 Å². The van der Waals surface area contributed by atoms with Gasteiger partial charge in [0.2, 0.25) is 0 Å². The maximum atomic E-state index is 13.8. The minimum absolute atomic E-state index is 0.150. The molecule has 0 aromatic heterocycles. The highest BCUT2D eigenvalue weighted by molar-refractivity contribution is 5.96. The molecule has 0 spiro atoms. The Bertz CT molecular complexity index is 538. The van der Waals surface area contributed by atoms with E-state index in [0.29, 0.717) is 26.1 Å². The zero-order valence-corrected chi connectivity index (χ0v) is 11.1. The zero-order chi connectivity index (χ0) is 14.8. The van der Waals surface area contributed by atoms with Gasteiger partial charge in [0.1, 0.15) is 5.82 Å². The van der Waals surface area contributed by atoms with Gasteiger partial charge in [-0.1, -0.05) is 0 Å². The lowest BCUT2D eigenvalue weighted by Gasteiger charge is -2.34. The first-order valence-corrected chi connectivity index (χ1v) is 6.34. The molecule has 20 heavy (non-hydrogen) atoms. The molecule has 1 aromatic carbocycles. The van der Waals surface area contributed by atoms with E-state index in [-0.39, 0.29) is 11.1 Å². The molecule has 1 aromatic rings. The Morgan fingerprint density at radius 3 is 2.55 bits per heavy atom. The molecule has 1 aliphatic rings. The number of rotatable bonds is 3. The molecule has 1 amide bonds. The van der Waals surface area contributed by atoms with E-state index < -0.39 is 23.2 Å². The molecule has 1 aliphatic heterocycles. The summed E-state index contributed by atoms with van der Waals surface area (Å²) in [7, 11) is 0. The van der Waals surface area contributed by atoms with E-state index in [9.17, 15) is 14.0 Å². The maximum absolute atomic E-state index is 13.8. The van der Waals surface area contributed by atoms with Gasteiger partial charge in [-0.05, 0) is 38.0 Å². The maximum Gasteiger partial charge on any atom is 0.335 e. The average molecular weight is 281 g/mol. The highest BCUT2D eigenvalue weighted by Crippen LogP contribution is 2.21. The number of hydrogen-bond acceptors (Lipinski definition) is 3. The Balaban J connectivity index is 2.15. The van der Waals surface area contributed by atoms with Crippen molar-refractivity contribution >= 4 is 11.9 Å². The van der Waals surface area contributed by atoms with Gasteiger partial charge in [0.05, 0.1) is 11.1 Å². The number of carboxylic acid groups (broad SMARTS) is 1. The first kappa shape index (κ1) is 14.5. The quantitative estimate of drug-likeness (QED) is 0.886. The molecule has 0 unspecified atom stereocenters. The van der Waals surface area contributed by atoms with Gasteiger partial charge in [-0.3, -0.25) is 4.79 Å². The molecule has 0 aliphatic carbocycles. The summed E-state index contributed by atoms with van der Waals surface area (Å²) in [6, 6.07) is 3.26. The van der Waals surface area contributed by atoms with E-state index in [1.807, 2.05) is 6.92 Å². The fraction of sp³-hybridized carbons (Fsp3) is 0.429. The van der Waals surface area contributed by atoms with Crippen LogP contribution < -0.4 is 5.32 Å². The number of nitrogens with one attached hydrogen (secondary N) is 1. The van der Waals surface area contributed by atoms with Crippen LogP contribution in [-0.4, -0.2) is 35.7 Å². The standard InChI is InChI=1S/C14H16FNO4/c1-14(4-6-20-7-5-14)16-12(17)10-3-2-9(13(18)19)8-11(10)15/h2-3,8H,4-7H2,1H3,(H,16,17)(H,18,19). The largest absolute Gasteiger partial charge is 0.478 e. The predicted molar refractivity (Wildman–Crippen MR) is 69.3 cm³/mol. The molecule has 1 fully saturated rings. The Hall–Kier alpha value is -1.95. The molecule has 0 saturated carbocycles. The molecule has 2 rings (SSSR count). The van der Waals surface area contributed by atoms with Crippen LogP contribution in [0.5, 0.6) is 0 Å². The molecular formula is C14H16FNO4. The molecule has 0 atom stereocenters. The van der Waals surface area contributed by atoms with Gasteiger partial charge in [0, 0.05) is 18.8 Å². The van der Waals surface area contributed by atoms with E-state index in [1.165, 1.54) is 12.1 Å². The topological polar surface area (TPSA) is 75.6 Å². The van der Waals surface area contributed by atoms with Crippen LogP contribution in [0.25, 0.3) is 0 Å². The number of aromatic carboxylic acids is 1. The van der Waals surface area contributed by atoms with Crippen LogP contribution in [0.3, 0.4) is 0 Å². The Kier molecular flexibility index (Phi) is 4.04. The van der Waals surface area contributed by atoms with Crippen molar-refractivity contribution in [1.29, 1.82) is 0 Å². The second kappa shape index (κ2) is 5.58. The molecule has 6 heteroatoms. The average Bonchev–Trinajstić information content (AvgIpc) is 2.38. The first-order chi connectivity index (χ1) is 9.41. The number of carbonyl (C=O) groups is 2. The summed E-state index contributed by atoms with van der Waals surface area (Å²) in [5.74, 6) is -2.60. The van der Waals surface area contributed by atoms with E-state index in [2.05, 4.69) is 5.32 Å². The van der Waals surface area contributed by atoms with Gasteiger partial charge in [0.25, 0.3) is 5.91 Å². The predicted octanol–water partition coefficient (Wildman–Crippen LogP) is 1.82. The van der Waals surface area contributed by atoms with Gasteiger partial charge in [-0.2, -0.15) is 0 Å². The van der Waals surface area contributed by atoms with E-state index in [4.69, 9.17) is 9.84 Å². The van der Waals surface area contributed by atoms with Crippen LogP contribution in [0, 0.1) is 5.82 Å². The number of ether oxygens (including phenoxy) is 1. The minimum atomic E-state index is -1.23. The van der Waals surface area contributed by atoms with Crippen molar-refractivity contribution in [2.75, 3.05) is 13.2 Å². The molecule has 1 heterocycles. The molecule has 0 bridgehead atoms. The lowest BCUT2D eigenvalue weighted by molar-refractivity contribution is 0.0421. The van der Waals surface area contributed by atoms with Crippen molar-refractivity contribution in [2.24, 2.45) is 0 Å². The third-order valence-corrected chi connectivity index (χ3v) is 3.47. The van der Waals surface area contributed by atoms with Crippen molar-refractivity contribution in [1.82, 2.24) is 5.32 Å². The summed E-state index contributed by atoms with van der Waals surface area (Å²) in [4.78, 5) is 22.8. The Labute approximate surface area is 115 Å². The van der Waals surface area contributed by atoms with Gasteiger partial charge in [-0.25, -0.2) is 9.18 Å². The number of carbonyl (C=O) groups excluding carboxylic acids is 1. The van der Waals surface area contributed by atoms with Crippen molar-refractivity contribution in [3.8, 4) is 0 Å². The first-order valence-electron chi connectivity index (χ1n) is 6.34. The fourth-order valence-corrected chi connectivity index (χ4v) is 2.12. The summed E-state index contributed by atoms with van der Waals surface area (Å²) < 4.78 is 19.0. The van der Waals surface area contributed by atoms with Crippen LogP contribution >= 0.6 is 0 Å². The third-order valence-electron chi connectivity index (χ3n) is 3.47. The lowest BCUT2D eigenvalue weighted by atomic mass is 9.92. The number of benzene rings is 1. The van der Waals surface area contributed by atoms with Crippen molar-refractivity contribution in [3.05, 3.63) is 35.1 Å². The van der Waals surface area contributed by atoms with Crippen molar-refractivity contribution in [3.63, 3.8) is 0 Å². The highest BCUT2D eigenvalue weighted by atomic mass is 19.1. The van der Waals surface area contributed by atoms with Crippen molar-refractivity contribution < 1.29 is 23.8 Å². The Morgan fingerprint density at radius 1 is 1.35 bits per heavy atom. The number of hydrogen-bond donors (Lipinski definition) is 2. The number of amides is 1. The third kappa shape index (κ3) is 3.14. The Morgan fingerprint density at radius 2 is 2.00 bits per heavy atom. The fourth-order valence-electron chi connectivity index (χ4n) is 2.12. The van der Waals surface area contributed by atoms with E-state index in [1.54, 1.807) is 0 Å². The van der Waals surface area contributed by atoms with Crippen molar-refractivity contribution in [2.45, 2.75) is 25.3 Å². The minimum Gasteiger partial charge on any atom is -0.478 e. The summed E-state index contributed by atoms with van der Waals surface area (Å²) in [6.45, 7) is 2.99.